The maximum Gasteiger partial charge on any atom is 0.189 e. The summed E-state index contributed by atoms with van der Waals surface area (Å²) in [5.41, 5.74) is 7.52. The van der Waals surface area contributed by atoms with Crippen LogP contribution in [0.1, 0.15) is 16.7 Å². The summed E-state index contributed by atoms with van der Waals surface area (Å²) in [6.45, 7) is 0. The van der Waals surface area contributed by atoms with Crippen LogP contribution in [-0.2, 0) is 5.75 Å². The van der Waals surface area contributed by atoms with Crippen LogP contribution in [0.25, 0.3) is 0 Å². The van der Waals surface area contributed by atoms with E-state index in [1.54, 1.807) is 6.07 Å². The quantitative estimate of drug-likeness (QED) is 0.675. The fourth-order valence-corrected chi connectivity index (χ4v) is 2.18. The first-order valence-electron chi connectivity index (χ1n) is 5.37. The number of nitrogens with two attached hydrogens (primary N) is 1. The van der Waals surface area contributed by atoms with Crippen LogP contribution in [0.4, 0.5) is 5.82 Å². The summed E-state index contributed by atoms with van der Waals surface area (Å²) in [5.74, 6) is 0.826. The van der Waals surface area contributed by atoms with Crippen LogP contribution < -0.4 is 5.73 Å². The van der Waals surface area contributed by atoms with Crippen molar-refractivity contribution in [1.29, 1.82) is 10.5 Å². The lowest BCUT2D eigenvalue weighted by Gasteiger charge is -2.02. The summed E-state index contributed by atoms with van der Waals surface area (Å²) in [7, 11) is 0. The van der Waals surface area contributed by atoms with E-state index in [1.165, 1.54) is 18.0 Å². The Hall–Kier alpha value is -2.57. The lowest BCUT2D eigenvalue weighted by molar-refractivity contribution is 0.969. The number of nitriles is 2. The Morgan fingerprint density at radius 2 is 2.11 bits per heavy atom. The summed E-state index contributed by atoms with van der Waals surface area (Å²) in [6, 6.07) is 11.4. The molecule has 0 saturated carbocycles. The van der Waals surface area contributed by atoms with E-state index in [0.717, 1.165) is 5.56 Å². The van der Waals surface area contributed by atoms with Gasteiger partial charge >= 0.3 is 0 Å². The molecule has 0 aliphatic heterocycles. The first-order chi connectivity index (χ1) is 9.22. The molecule has 0 fully saturated rings. The first kappa shape index (κ1) is 12.9. The van der Waals surface area contributed by atoms with Gasteiger partial charge in [0.2, 0.25) is 0 Å². The molecule has 19 heavy (non-hydrogen) atoms. The highest BCUT2D eigenvalue weighted by molar-refractivity contribution is 7.98. The fourth-order valence-electron chi connectivity index (χ4n) is 1.41. The maximum atomic E-state index is 8.81. The average Bonchev–Trinajstić information content (AvgIpc) is 2.45. The number of rotatable bonds is 3. The summed E-state index contributed by atoms with van der Waals surface area (Å²) >= 11 is 1.41. The molecule has 1 heterocycles. The second-order valence-corrected chi connectivity index (χ2v) is 4.61. The van der Waals surface area contributed by atoms with Crippen molar-refractivity contribution in [2.45, 2.75) is 10.9 Å². The van der Waals surface area contributed by atoms with Gasteiger partial charge in [0.1, 0.15) is 17.5 Å². The molecule has 2 aromatic rings. The number of aromatic nitrogens is 2. The van der Waals surface area contributed by atoms with Crippen LogP contribution >= 0.6 is 11.8 Å². The minimum absolute atomic E-state index is 0.186. The van der Waals surface area contributed by atoms with Gasteiger partial charge in [0, 0.05) is 5.75 Å². The van der Waals surface area contributed by atoms with Gasteiger partial charge < -0.3 is 5.73 Å². The minimum atomic E-state index is 0.186. The SMILES string of the molecule is N#Cc1cccc(CSc2ncc(C#N)c(N)n2)c1. The molecule has 0 radical (unpaired) electrons. The van der Waals surface area contributed by atoms with Crippen molar-refractivity contribution in [2.75, 3.05) is 5.73 Å². The molecule has 0 atom stereocenters. The van der Waals surface area contributed by atoms with Crippen molar-refractivity contribution >= 4 is 17.6 Å². The topological polar surface area (TPSA) is 99.4 Å². The number of anilines is 1. The molecular weight excluding hydrogens is 258 g/mol. The van der Waals surface area contributed by atoms with Crippen LogP contribution in [-0.4, -0.2) is 9.97 Å². The molecule has 2 N–H and O–H groups in total. The van der Waals surface area contributed by atoms with E-state index in [4.69, 9.17) is 16.3 Å². The van der Waals surface area contributed by atoms with Crippen LogP contribution in [0.2, 0.25) is 0 Å². The number of nitrogen functional groups attached to an aromatic ring is 1. The Morgan fingerprint density at radius 1 is 1.26 bits per heavy atom. The van der Waals surface area contributed by atoms with Gasteiger partial charge in [0.25, 0.3) is 0 Å². The van der Waals surface area contributed by atoms with Crippen molar-refractivity contribution in [3.05, 3.63) is 47.2 Å². The monoisotopic (exact) mass is 267 g/mol. The molecular formula is C13H9N5S. The number of hydrogen-bond acceptors (Lipinski definition) is 6. The number of nitrogens with zero attached hydrogens (tertiary/aromatic N) is 4. The Balaban J connectivity index is 2.09. The predicted molar refractivity (Wildman–Crippen MR) is 71.9 cm³/mol. The van der Waals surface area contributed by atoms with E-state index < -0.39 is 0 Å². The molecule has 1 aromatic heterocycles. The number of benzene rings is 1. The molecule has 0 saturated heterocycles. The maximum absolute atomic E-state index is 8.81. The molecule has 0 aliphatic carbocycles. The van der Waals surface area contributed by atoms with Gasteiger partial charge in [-0.25, -0.2) is 9.97 Å². The van der Waals surface area contributed by atoms with E-state index in [-0.39, 0.29) is 11.4 Å². The van der Waals surface area contributed by atoms with Crippen LogP contribution in [0.15, 0.2) is 35.6 Å². The second kappa shape index (κ2) is 5.85. The van der Waals surface area contributed by atoms with Gasteiger partial charge in [-0.1, -0.05) is 23.9 Å². The third-order valence-electron chi connectivity index (χ3n) is 2.34. The molecule has 5 nitrogen and oxygen atoms in total. The van der Waals surface area contributed by atoms with Crippen molar-refractivity contribution in [2.24, 2.45) is 0 Å². The van der Waals surface area contributed by atoms with Crippen molar-refractivity contribution in [1.82, 2.24) is 9.97 Å². The molecule has 0 bridgehead atoms. The van der Waals surface area contributed by atoms with E-state index in [9.17, 15) is 0 Å². The second-order valence-electron chi connectivity index (χ2n) is 3.66. The molecule has 2 rings (SSSR count). The van der Waals surface area contributed by atoms with Gasteiger partial charge in [-0.15, -0.1) is 0 Å². The van der Waals surface area contributed by atoms with E-state index in [2.05, 4.69) is 16.0 Å². The summed E-state index contributed by atoms with van der Waals surface area (Å²) in [4.78, 5) is 8.10. The van der Waals surface area contributed by atoms with E-state index in [1.807, 2.05) is 24.3 Å². The van der Waals surface area contributed by atoms with Gasteiger partial charge in [-0.05, 0) is 17.7 Å². The standard InChI is InChI=1S/C13H9N5S/c14-5-9-2-1-3-10(4-9)8-19-13-17-7-11(6-15)12(16)18-13/h1-4,7H,8H2,(H2,16,17,18). The Kier molecular flexibility index (Phi) is 3.97. The van der Waals surface area contributed by atoms with Crippen LogP contribution in [0.5, 0.6) is 0 Å². The van der Waals surface area contributed by atoms with Gasteiger partial charge in [-0.2, -0.15) is 10.5 Å². The third kappa shape index (κ3) is 3.21. The molecule has 6 heteroatoms. The Bertz CT molecular complexity index is 684. The number of hydrogen-bond donors (Lipinski definition) is 1. The van der Waals surface area contributed by atoms with Gasteiger partial charge in [0.15, 0.2) is 5.16 Å². The van der Waals surface area contributed by atoms with Crippen LogP contribution in [0.3, 0.4) is 0 Å². The van der Waals surface area contributed by atoms with Crippen molar-refractivity contribution in [3.63, 3.8) is 0 Å². The summed E-state index contributed by atoms with van der Waals surface area (Å²) < 4.78 is 0. The smallest absolute Gasteiger partial charge is 0.189 e. The molecule has 0 spiro atoms. The van der Waals surface area contributed by atoms with Crippen molar-refractivity contribution < 1.29 is 0 Å². The van der Waals surface area contributed by atoms with E-state index >= 15 is 0 Å². The molecule has 0 unspecified atom stereocenters. The molecule has 92 valence electrons. The normalized spacial score (nSPS) is 9.58. The molecule has 1 aromatic carbocycles. The lowest BCUT2D eigenvalue weighted by atomic mass is 10.2. The Labute approximate surface area is 114 Å². The van der Waals surface area contributed by atoms with Crippen LogP contribution in [0, 0.1) is 22.7 Å². The lowest BCUT2D eigenvalue weighted by Crippen LogP contribution is -1.98. The zero-order valence-electron chi connectivity index (χ0n) is 9.87. The minimum Gasteiger partial charge on any atom is -0.382 e. The summed E-state index contributed by atoms with van der Waals surface area (Å²) in [5, 5.41) is 18.1. The predicted octanol–water partition coefficient (Wildman–Crippen LogP) is 2.09. The highest BCUT2D eigenvalue weighted by Crippen LogP contribution is 2.21. The zero-order valence-corrected chi connectivity index (χ0v) is 10.7. The molecule has 0 amide bonds. The highest BCUT2D eigenvalue weighted by Gasteiger charge is 2.04. The largest absolute Gasteiger partial charge is 0.382 e. The highest BCUT2D eigenvalue weighted by atomic mass is 32.2. The Morgan fingerprint density at radius 3 is 2.79 bits per heavy atom. The van der Waals surface area contributed by atoms with Crippen molar-refractivity contribution in [3.8, 4) is 12.1 Å². The average molecular weight is 267 g/mol. The zero-order chi connectivity index (χ0) is 13.7. The number of thioether (sulfide) groups is 1. The van der Waals surface area contributed by atoms with Gasteiger partial charge in [-0.3, -0.25) is 0 Å². The van der Waals surface area contributed by atoms with E-state index in [0.29, 0.717) is 16.5 Å². The fraction of sp³-hybridized carbons (Fsp3) is 0.0769. The summed E-state index contributed by atoms with van der Waals surface area (Å²) in [6.07, 6.45) is 1.41. The molecule has 0 aliphatic rings. The first-order valence-corrected chi connectivity index (χ1v) is 6.36. The van der Waals surface area contributed by atoms with Gasteiger partial charge in [0.05, 0.1) is 17.8 Å². The third-order valence-corrected chi connectivity index (χ3v) is 3.27.